The van der Waals surface area contributed by atoms with Gasteiger partial charge < -0.3 is 20.4 Å². The van der Waals surface area contributed by atoms with Gasteiger partial charge in [-0.15, -0.1) is 0 Å². The van der Waals surface area contributed by atoms with Gasteiger partial charge in [-0.25, -0.2) is 15.0 Å². The third-order valence-corrected chi connectivity index (χ3v) is 3.24. The third-order valence-electron chi connectivity index (χ3n) is 3.24. The number of fused-ring (bicyclic) bond motifs is 1. The maximum absolute atomic E-state index is 5.68. The molecule has 0 spiro atoms. The lowest BCUT2D eigenvalue weighted by molar-refractivity contribution is 0.0281. The van der Waals surface area contributed by atoms with Crippen molar-refractivity contribution in [2.45, 2.75) is 19.1 Å². The van der Waals surface area contributed by atoms with Crippen molar-refractivity contribution in [2.75, 3.05) is 24.6 Å². The van der Waals surface area contributed by atoms with Crippen molar-refractivity contribution < 1.29 is 4.74 Å². The predicted octanol–water partition coefficient (Wildman–Crippen LogP) is -0.0947. The van der Waals surface area contributed by atoms with Crippen LogP contribution in [0, 0.1) is 0 Å². The molecule has 96 valence electrons. The molecule has 3 rings (SSSR count). The van der Waals surface area contributed by atoms with Crippen LogP contribution >= 0.6 is 0 Å². The summed E-state index contributed by atoms with van der Waals surface area (Å²) in [5, 5.41) is 0. The van der Waals surface area contributed by atoms with E-state index in [2.05, 4.69) is 31.8 Å². The number of nitrogens with one attached hydrogen (secondary N) is 1. The van der Waals surface area contributed by atoms with E-state index in [9.17, 15) is 0 Å². The minimum Gasteiger partial charge on any atom is -0.373 e. The lowest BCUT2D eigenvalue weighted by Gasteiger charge is -2.38. The molecule has 2 aromatic heterocycles. The van der Waals surface area contributed by atoms with Gasteiger partial charge in [0.2, 0.25) is 0 Å². The first-order valence-corrected chi connectivity index (χ1v) is 6.02. The molecule has 0 saturated carbocycles. The molecule has 2 unspecified atom stereocenters. The molecule has 0 amide bonds. The van der Waals surface area contributed by atoms with Crippen LogP contribution in [0.1, 0.15) is 6.92 Å². The van der Waals surface area contributed by atoms with E-state index in [0.717, 1.165) is 17.9 Å². The molecule has 0 bridgehead atoms. The summed E-state index contributed by atoms with van der Waals surface area (Å²) < 4.78 is 5.65. The van der Waals surface area contributed by atoms with Crippen LogP contribution in [0.25, 0.3) is 11.2 Å². The highest BCUT2D eigenvalue weighted by Gasteiger charge is 2.27. The van der Waals surface area contributed by atoms with Crippen LogP contribution < -0.4 is 10.6 Å². The smallest absolute Gasteiger partial charge is 0.182 e. The van der Waals surface area contributed by atoms with Crippen molar-refractivity contribution in [1.29, 1.82) is 0 Å². The van der Waals surface area contributed by atoms with Crippen molar-refractivity contribution in [3.8, 4) is 0 Å². The molecule has 18 heavy (non-hydrogen) atoms. The molecule has 7 heteroatoms. The zero-order valence-corrected chi connectivity index (χ0v) is 10.2. The van der Waals surface area contributed by atoms with Gasteiger partial charge in [-0.1, -0.05) is 0 Å². The fraction of sp³-hybridized carbons (Fsp3) is 0.545. The molecular weight excluding hydrogens is 232 g/mol. The zero-order chi connectivity index (χ0) is 12.5. The topological polar surface area (TPSA) is 93.0 Å². The summed E-state index contributed by atoms with van der Waals surface area (Å²) in [6.45, 7) is 4.02. The van der Waals surface area contributed by atoms with E-state index in [-0.39, 0.29) is 12.1 Å². The molecule has 0 aromatic carbocycles. The first kappa shape index (κ1) is 11.4. The maximum Gasteiger partial charge on any atom is 0.182 e. The number of morpholine rings is 1. The molecular formula is C11H16N6O. The summed E-state index contributed by atoms with van der Waals surface area (Å²) >= 11 is 0. The van der Waals surface area contributed by atoms with Gasteiger partial charge in [0.15, 0.2) is 11.5 Å². The van der Waals surface area contributed by atoms with E-state index < -0.39 is 0 Å². The Morgan fingerprint density at radius 2 is 2.39 bits per heavy atom. The molecule has 0 aliphatic carbocycles. The fourth-order valence-corrected chi connectivity index (χ4v) is 2.23. The first-order valence-electron chi connectivity index (χ1n) is 6.02. The monoisotopic (exact) mass is 248 g/mol. The highest BCUT2D eigenvalue weighted by Crippen LogP contribution is 2.24. The van der Waals surface area contributed by atoms with Gasteiger partial charge >= 0.3 is 0 Å². The standard InChI is InChI=1S/C11H16N6O/c1-7-4-18-8(2-12)3-17(7)11-9-10(14-5-13-9)15-6-16-11/h5-8H,2-4,12H2,1H3,(H,13,14,15,16). The van der Waals surface area contributed by atoms with Crippen molar-refractivity contribution in [1.82, 2.24) is 19.9 Å². The van der Waals surface area contributed by atoms with Crippen molar-refractivity contribution in [2.24, 2.45) is 5.73 Å². The average molecular weight is 248 g/mol. The number of H-pyrrole nitrogens is 1. The second kappa shape index (κ2) is 4.51. The minimum absolute atomic E-state index is 0.0501. The summed E-state index contributed by atoms with van der Waals surface area (Å²) in [7, 11) is 0. The summed E-state index contributed by atoms with van der Waals surface area (Å²) in [6.07, 6.45) is 3.22. The van der Waals surface area contributed by atoms with Gasteiger partial charge in [-0.2, -0.15) is 0 Å². The van der Waals surface area contributed by atoms with E-state index in [4.69, 9.17) is 10.5 Å². The van der Waals surface area contributed by atoms with E-state index in [0.29, 0.717) is 18.8 Å². The highest BCUT2D eigenvalue weighted by molar-refractivity contribution is 5.82. The Bertz CT molecular complexity index is 541. The van der Waals surface area contributed by atoms with Crippen LogP contribution in [-0.4, -0.2) is 51.8 Å². The molecule has 1 saturated heterocycles. The number of aromatic nitrogens is 4. The molecule has 1 fully saturated rings. The average Bonchev–Trinajstić information content (AvgIpc) is 2.87. The summed E-state index contributed by atoms with van der Waals surface area (Å²) in [5.74, 6) is 0.867. The Balaban J connectivity index is 1.99. The molecule has 1 aliphatic heterocycles. The van der Waals surface area contributed by atoms with E-state index in [1.54, 1.807) is 6.33 Å². The quantitative estimate of drug-likeness (QED) is 0.771. The van der Waals surface area contributed by atoms with E-state index in [1.165, 1.54) is 6.33 Å². The number of rotatable bonds is 2. The lowest BCUT2D eigenvalue weighted by atomic mass is 10.2. The Morgan fingerprint density at radius 1 is 1.50 bits per heavy atom. The van der Waals surface area contributed by atoms with Gasteiger partial charge in [-0.3, -0.25) is 0 Å². The Kier molecular flexibility index (Phi) is 2.85. The SMILES string of the molecule is CC1COC(CN)CN1c1ncnc2nc[nH]c12. The molecule has 3 N–H and O–H groups in total. The normalized spacial score (nSPS) is 24.7. The Morgan fingerprint density at radius 3 is 3.22 bits per heavy atom. The number of hydrogen-bond donors (Lipinski definition) is 2. The third kappa shape index (κ3) is 1.81. The molecule has 7 nitrogen and oxygen atoms in total. The second-order valence-electron chi connectivity index (χ2n) is 4.49. The minimum atomic E-state index is 0.0501. The van der Waals surface area contributed by atoms with Crippen LogP contribution in [-0.2, 0) is 4.74 Å². The lowest BCUT2D eigenvalue weighted by Crippen LogP contribution is -2.51. The van der Waals surface area contributed by atoms with Crippen LogP contribution in [0.2, 0.25) is 0 Å². The van der Waals surface area contributed by atoms with Gasteiger partial charge in [0.25, 0.3) is 0 Å². The van der Waals surface area contributed by atoms with Crippen molar-refractivity contribution in [3.05, 3.63) is 12.7 Å². The number of anilines is 1. The number of ether oxygens (including phenoxy) is 1. The molecule has 0 radical (unpaired) electrons. The maximum atomic E-state index is 5.68. The summed E-state index contributed by atoms with van der Waals surface area (Å²) in [4.78, 5) is 17.9. The van der Waals surface area contributed by atoms with Crippen LogP contribution in [0.15, 0.2) is 12.7 Å². The zero-order valence-electron chi connectivity index (χ0n) is 10.2. The summed E-state index contributed by atoms with van der Waals surface area (Å²) in [6, 6.07) is 0.259. The van der Waals surface area contributed by atoms with Crippen LogP contribution in [0.3, 0.4) is 0 Å². The Hall–Kier alpha value is -1.73. The second-order valence-corrected chi connectivity index (χ2v) is 4.49. The highest BCUT2D eigenvalue weighted by atomic mass is 16.5. The molecule has 3 heterocycles. The van der Waals surface area contributed by atoms with E-state index in [1.807, 2.05) is 0 Å². The van der Waals surface area contributed by atoms with Gasteiger partial charge in [0.05, 0.1) is 25.1 Å². The molecule has 2 aromatic rings. The number of nitrogens with two attached hydrogens (primary N) is 1. The van der Waals surface area contributed by atoms with Crippen molar-refractivity contribution in [3.63, 3.8) is 0 Å². The summed E-state index contributed by atoms with van der Waals surface area (Å²) in [5.41, 5.74) is 7.22. The van der Waals surface area contributed by atoms with Crippen molar-refractivity contribution >= 4 is 17.0 Å². The van der Waals surface area contributed by atoms with Crippen LogP contribution in [0.4, 0.5) is 5.82 Å². The fourth-order valence-electron chi connectivity index (χ4n) is 2.23. The number of aromatic amines is 1. The molecule has 1 aliphatic rings. The molecule has 2 atom stereocenters. The van der Waals surface area contributed by atoms with Gasteiger partial charge in [-0.05, 0) is 6.92 Å². The van der Waals surface area contributed by atoms with Crippen LogP contribution in [0.5, 0.6) is 0 Å². The first-order chi connectivity index (χ1) is 8.79. The van der Waals surface area contributed by atoms with Gasteiger partial charge in [0.1, 0.15) is 11.8 Å². The number of imidazole rings is 1. The van der Waals surface area contributed by atoms with Gasteiger partial charge in [0, 0.05) is 13.1 Å². The number of hydrogen-bond acceptors (Lipinski definition) is 6. The largest absolute Gasteiger partial charge is 0.373 e. The van der Waals surface area contributed by atoms with E-state index >= 15 is 0 Å². The Labute approximate surface area is 104 Å². The predicted molar refractivity (Wildman–Crippen MR) is 67.3 cm³/mol. The number of nitrogens with zero attached hydrogens (tertiary/aromatic N) is 4.